The topological polar surface area (TPSA) is 144 Å². The van der Waals surface area contributed by atoms with Crippen molar-refractivity contribution in [1.82, 2.24) is 25.5 Å². The number of alkyl halides is 3. The van der Waals surface area contributed by atoms with Crippen molar-refractivity contribution in [1.29, 1.82) is 0 Å². The molecule has 1 aromatic heterocycles. The second-order valence-corrected chi connectivity index (χ2v) is 11.6. The summed E-state index contributed by atoms with van der Waals surface area (Å²) in [6.07, 6.45) is -5.08. The van der Waals surface area contributed by atoms with Gasteiger partial charge in [-0.15, -0.1) is 0 Å². The van der Waals surface area contributed by atoms with Crippen LogP contribution < -0.4 is 10.6 Å². The van der Waals surface area contributed by atoms with Crippen LogP contribution >= 0.6 is 0 Å². The third kappa shape index (κ3) is 7.17. The molecule has 11 nitrogen and oxygen atoms in total. The maximum absolute atomic E-state index is 14.0. The zero-order valence-corrected chi connectivity index (χ0v) is 24.6. The Morgan fingerprint density at radius 1 is 1.09 bits per heavy atom. The van der Waals surface area contributed by atoms with Crippen LogP contribution in [0.25, 0.3) is 0 Å². The summed E-state index contributed by atoms with van der Waals surface area (Å²) in [7, 11) is 1.56. The first-order valence-corrected chi connectivity index (χ1v) is 14.2. The van der Waals surface area contributed by atoms with Gasteiger partial charge >= 0.3 is 12.3 Å². The standard InChI is InChI=1S/C30H35F3N6O5/c1-28(2,36-27(43)44)25(41)35-21(13-7-11-20-12-8-14-23(34-20)30(31,32)33)24(40)39-16-15-22-29(18-39,26(42)38(3)37-22)17-19-9-5-4-6-10-19/h4-6,8-10,12,14,21,36H,7,11,13,15-18H2,1-3H3,(H,35,41)(H,43,44)/t21-,29-/m1/s1. The van der Waals surface area contributed by atoms with Crippen LogP contribution in [0.15, 0.2) is 53.6 Å². The molecule has 2 aliphatic heterocycles. The Hall–Kier alpha value is -4.49. The Labute approximate surface area is 252 Å². The molecule has 1 aromatic carbocycles. The van der Waals surface area contributed by atoms with E-state index in [9.17, 15) is 37.5 Å². The van der Waals surface area contributed by atoms with Crippen LogP contribution in [0.4, 0.5) is 18.0 Å². The van der Waals surface area contributed by atoms with Crippen molar-refractivity contribution in [2.75, 3.05) is 20.1 Å². The molecule has 0 saturated carbocycles. The van der Waals surface area contributed by atoms with Crippen LogP contribution in [0.1, 0.15) is 50.1 Å². The van der Waals surface area contributed by atoms with Crippen molar-refractivity contribution >= 4 is 29.5 Å². The highest BCUT2D eigenvalue weighted by atomic mass is 19.4. The maximum Gasteiger partial charge on any atom is 0.433 e. The first-order chi connectivity index (χ1) is 20.6. The fourth-order valence-corrected chi connectivity index (χ4v) is 5.62. The number of pyridine rings is 1. The zero-order valence-electron chi connectivity index (χ0n) is 24.6. The Morgan fingerprint density at radius 3 is 2.45 bits per heavy atom. The maximum atomic E-state index is 14.0. The number of carbonyl (C=O) groups excluding carboxylic acids is 3. The number of carbonyl (C=O) groups is 4. The number of carboxylic acid groups (broad SMARTS) is 1. The molecule has 0 bridgehead atoms. The van der Waals surface area contributed by atoms with Gasteiger partial charge in [-0.1, -0.05) is 36.4 Å². The minimum absolute atomic E-state index is 0.0149. The van der Waals surface area contributed by atoms with Crippen molar-refractivity contribution < 1.29 is 37.5 Å². The average Bonchev–Trinajstić information content (AvgIpc) is 3.20. The summed E-state index contributed by atoms with van der Waals surface area (Å²) in [4.78, 5) is 57.1. The predicted molar refractivity (Wildman–Crippen MR) is 153 cm³/mol. The normalized spacial score (nSPS) is 19.2. The molecule has 44 heavy (non-hydrogen) atoms. The van der Waals surface area contributed by atoms with E-state index in [1.807, 2.05) is 30.3 Å². The van der Waals surface area contributed by atoms with Crippen molar-refractivity contribution in [3.63, 3.8) is 0 Å². The summed E-state index contributed by atoms with van der Waals surface area (Å²) in [6, 6.07) is 11.8. The fraction of sp³-hybridized carbons (Fsp3) is 0.467. The number of nitrogens with one attached hydrogen (secondary N) is 2. The molecule has 2 atom stereocenters. The Morgan fingerprint density at radius 2 is 1.80 bits per heavy atom. The smallest absolute Gasteiger partial charge is 0.433 e. The van der Waals surface area contributed by atoms with Gasteiger partial charge in [0.05, 0.1) is 5.71 Å². The monoisotopic (exact) mass is 616 g/mol. The molecule has 3 heterocycles. The number of rotatable bonds is 10. The largest absolute Gasteiger partial charge is 0.465 e. The minimum atomic E-state index is -4.61. The number of hydrazone groups is 1. The summed E-state index contributed by atoms with van der Waals surface area (Å²) in [5.74, 6) is -1.50. The zero-order chi connectivity index (χ0) is 32.3. The van der Waals surface area contributed by atoms with E-state index < -0.39 is 46.8 Å². The molecule has 1 saturated heterocycles. The van der Waals surface area contributed by atoms with E-state index in [4.69, 9.17) is 0 Å². The first-order valence-electron chi connectivity index (χ1n) is 14.2. The lowest BCUT2D eigenvalue weighted by atomic mass is 9.73. The number of benzene rings is 1. The van der Waals surface area contributed by atoms with Gasteiger partial charge in [-0.3, -0.25) is 14.4 Å². The SMILES string of the molecule is CN1N=C2CCN(C(=O)[C@@H](CCCc3cccc(C(F)(F)F)n3)NC(=O)C(C)(C)NC(=O)O)C[C@@]2(Cc2ccccc2)C1=O. The highest BCUT2D eigenvalue weighted by Gasteiger charge is 2.54. The van der Waals surface area contributed by atoms with E-state index >= 15 is 0 Å². The van der Waals surface area contributed by atoms with Gasteiger partial charge in [0.25, 0.3) is 5.91 Å². The second kappa shape index (κ2) is 12.6. The summed E-state index contributed by atoms with van der Waals surface area (Å²) < 4.78 is 39.4. The van der Waals surface area contributed by atoms with Gasteiger partial charge < -0.3 is 20.6 Å². The molecular formula is C30H35F3N6O5. The molecule has 1 fully saturated rings. The van der Waals surface area contributed by atoms with Gasteiger partial charge in [-0.05, 0) is 57.2 Å². The lowest BCUT2D eigenvalue weighted by molar-refractivity contribution is -0.143. The molecule has 0 radical (unpaired) electrons. The van der Waals surface area contributed by atoms with E-state index in [0.717, 1.165) is 11.6 Å². The van der Waals surface area contributed by atoms with Crippen LogP contribution in [0.3, 0.4) is 0 Å². The quantitative estimate of drug-likeness (QED) is 0.374. The number of hydrogen-bond acceptors (Lipinski definition) is 6. The third-order valence-electron chi connectivity index (χ3n) is 7.88. The van der Waals surface area contributed by atoms with Gasteiger partial charge in [-0.25, -0.2) is 14.8 Å². The van der Waals surface area contributed by atoms with Crippen LogP contribution in [0.5, 0.6) is 0 Å². The molecule has 4 amide bonds. The van der Waals surface area contributed by atoms with E-state index in [-0.39, 0.29) is 44.0 Å². The number of piperidine rings is 1. The van der Waals surface area contributed by atoms with Crippen LogP contribution in [-0.4, -0.2) is 81.2 Å². The van der Waals surface area contributed by atoms with Crippen molar-refractivity contribution in [3.8, 4) is 0 Å². The van der Waals surface area contributed by atoms with Gasteiger partial charge in [0.15, 0.2) is 0 Å². The summed E-state index contributed by atoms with van der Waals surface area (Å²) >= 11 is 0. The van der Waals surface area contributed by atoms with E-state index in [1.165, 1.54) is 35.9 Å². The molecule has 0 spiro atoms. The minimum Gasteiger partial charge on any atom is -0.465 e. The number of likely N-dealkylation sites (tertiary alicyclic amines) is 1. The van der Waals surface area contributed by atoms with Crippen molar-refractivity contribution in [2.45, 2.75) is 63.7 Å². The summed E-state index contributed by atoms with van der Waals surface area (Å²) in [5.41, 5.74) is -1.99. The molecule has 0 aliphatic carbocycles. The van der Waals surface area contributed by atoms with E-state index in [1.54, 1.807) is 7.05 Å². The van der Waals surface area contributed by atoms with Crippen LogP contribution in [-0.2, 0) is 33.4 Å². The van der Waals surface area contributed by atoms with Gasteiger partial charge in [-0.2, -0.15) is 18.3 Å². The molecule has 3 N–H and O–H groups in total. The highest BCUT2D eigenvalue weighted by molar-refractivity contribution is 6.13. The molecular weight excluding hydrogens is 581 g/mol. The number of halogens is 3. The van der Waals surface area contributed by atoms with Gasteiger partial charge in [0, 0.05) is 32.3 Å². The van der Waals surface area contributed by atoms with Crippen molar-refractivity contribution in [2.24, 2.45) is 10.5 Å². The first kappa shape index (κ1) is 32.4. The number of aryl methyl sites for hydroxylation is 1. The second-order valence-electron chi connectivity index (χ2n) is 11.6. The molecule has 14 heteroatoms. The fourth-order valence-electron chi connectivity index (χ4n) is 5.62. The van der Waals surface area contributed by atoms with Gasteiger partial charge in [0.2, 0.25) is 11.8 Å². The number of aromatic nitrogens is 1. The number of amides is 4. The molecule has 0 unspecified atom stereocenters. The highest BCUT2D eigenvalue weighted by Crippen LogP contribution is 2.38. The predicted octanol–water partition coefficient (Wildman–Crippen LogP) is 3.24. The van der Waals surface area contributed by atoms with E-state index in [0.29, 0.717) is 18.6 Å². The number of fused-ring (bicyclic) bond motifs is 1. The summed E-state index contributed by atoms with van der Waals surface area (Å²) in [5, 5.41) is 19.7. The summed E-state index contributed by atoms with van der Waals surface area (Å²) in [6.45, 7) is 2.93. The Kier molecular flexibility index (Phi) is 9.30. The lowest BCUT2D eigenvalue weighted by Gasteiger charge is -2.41. The molecule has 2 aliphatic rings. The van der Waals surface area contributed by atoms with Gasteiger partial charge in [0.1, 0.15) is 22.7 Å². The molecule has 2 aromatic rings. The van der Waals surface area contributed by atoms with Crippen LogP contribution in [0.2, 0.25) is 0 Å². The molecule has 236 valence electrons. The number of hydrogen-bond donors (Lipinski definition) is 3. The average molecular weight is 617 g/mol. The third-order valence-corrected chi connectivity index (χ3v) is 7.88. The lowest BCUT2D eigenvalue weighted by Crippen LogP contribution is -2.61. The molecule has 4 rings (SSSR count). The Bertz CT molecular complexity index is 1450. The van der Waals surface area contributed by atoms with E-state index in [2.05, 4.69) is 20.7 Å². The number of nitrogens with zero attached hydrogens (tertiary/aromatic N) is 4. The van der Waals surface area contributed by atoms with Crippen LogP contribution in [0, 0.1) is 5.41 Å². The Balaban J connectivity index is 1.56. The van der Waals surface area contributed by atoms with Crippen molar-refractivity contribution in [3.05, 3.63) is 65.5 Å².